The molecule has 9 heteroatoms. The van der Waals surface area contributed by atoms with Crippen LogP contribution < -0.4 is 11.3 Å². The number of nitrogen functional groups attached to an aromatic ring is 1. The lowest BCUT2D eigenvalue weighted by atomic mass is 9.58. The SMILES string of the molecule is C[C@H]1C(OCc2ccc(C(=O)NN)o2)OC2O[C@@]3(C)CCC4[C@H](C)CCC1C24OO3. The van der Waals surface area contributed by atoms with Crippen LogP contribution in [0.4, 0.5) is 0 Å². The number of furan rings is 1. The molecule has 166 valence electrons. The molecule has 1 aliphatic carbocycles. The van der Waals surface area contributed by atoms with Crippen molar-refractivity contribution in [1.82, 2.24) is 5.43 Å². The van der Waals surface area contributed by atoms with E-state index in [9.17, 15) is 4.79 Å². The minimum Gasteiger partial charge on any atom is -0.453 e. The summed E-state index contributed by atoms with van der Waals surface area (Å²) in [6.07, 6.45) is 2.87. The van der Waals surface area contributed by atoms with Gasteiger partial charge < -0.3 is 18.6 Å². The van der Waals surface area contributed by atoms with Crippen LogP contribution in [0.3, 0.4) is 0 Å². The zero-order valence-electron chi connectivity index (χ0n) is 17.6. The first-order valence-corrected chi connectivity index (χ1v) is 10.8. The van der Waals surface area contributed by atoms with E-state index in [0.717, 1.165) is 25.7 Å². The maximum absolute atomic E-state index is 11.6. The normalized spacial score (nSPS) is 44.9. The molecule has 9 nitrogen and oxygen atoms in total. The van der Waals surface area contributed by atoms with E-state index in [2.05, 4.69) is 13.8 Å². The van der Waals surface area contributed by atoms with Crippen molar-refractivity contribution in [1.29, 1.82) is 0 Å². The van der Waals surface area contributed by atoms with E-state index in [0.29, 0.717) is 17.6 Å². The Bertz CT molecular complexity index is 815. The minimum absolute atomic E-state index is 0.0766. The molecule has 30 heavy (non-hydrogen) atoms. The molecule has 6 rings (SSSR count). The Morgan fingerprint density at radius 1 is 1.23 bits per heavy atom. The van der Waals surface area contributed by atoms with E-state index < -0.39 is 29.9 Å². The summed E-state index contributed by atoms with van der Waals surface area (Å²) in [6.45, 7) is 6.50. The molecule has 1 saturated carbocycles. The van der Waals surface area contributed by atoms with E-state index in [1.54, 1.807) is 12.1 Å². The lowest BCUT2D eigenvalue weighted by Crippen LogP contribution is -2.70. The van der Waals surface area contributed by atoms with Crippen molar-refractivity contribution in [3.63, 3.8) is 0 Å². The number of carbonyl (C=O) groups excluding carboxylic acids is 1. The Hall–Kier alpha value is -1.49. The van der Waals surface area contributed by atoms with Crippen molar-refractivity contribution in [2.24, 2.45) is 29.5 Å². The topological polar surface area (TPSA) is 114 Å². The van der Waals surface area contributed by atoms with Crippen molar-refractivity contribution >= 4 is 5.91 Å². The van der Waals surface area contributed by atoms with E-state index in [1.165, 1.54) is 0 Å². The second-order valence-corrected chi connectivity index (χ2v) is 9.32. The number of nitrogens with one attached hydrogen (secondary N) is 1. The van der Waals surface area contributed by atoms with Gasteiger partial charge in [0.15, 0.2) is 23.9 Å². The zero-order chi connectivity index (χ0) is 21.1. The first kappa shape index (κ1) is 20.4. The highest BCUT2D eigenvalue weighted by Crippen LogP contribution is 2.60. The van der Waals surface area contributed by atoms with Gasteiger partial charge in [-0.05, 0) is 50.2 Å². The molecule has 1 spiro atoms. The minimum atomic E-state index is -0.811. The average Bonchev–Trinajstić information content (AvgIpc) is 3.09. The number of rotatable bonds is 4. The van der Waals surface area contributed by atoms with E-state index >= 15 is 0 Å². The fraction of sp³-hybridized carbons (Fsp3) is 0.762. The summed E-state index contributed by atoms with van der Waals surface area (Å²) in [4.78, 5) is 23.5. The van der Waals surface area contributed by atoms with Gasteiger partial charge in [-0.1, -0.05) is 13.8 Å². The van der Waals surface area contributed by atoms with Crippen LogP contribution in [0.2, 0.25) is 0 Å². The van der Waals surface area contributed by atoms with Crippen molar-refractivity contribution in [3.8, 4) is 0 Å². The molecular weight excluding hydrogens is 392 g/mol. The predicted molar refractivity (Wildman–Crippen MR) is 102 cm³/mol. The van der Waals surface area contributed by atoms with Gasteiger partial charge in [0.1, 0.15) is 12.4 Å². The van der Waals surface area contributed by atoms with Gasteiger partial charge in [0.2, 0.25) is 5.79 Å². The largest absolute Gasteiger partial charge is 0.453 e. The lowest BCUT2D eigenvalue weighted by Gasteiger charge is -2.60. The highest BCUT2D eigenvalue weighted by atomic mass is 17.3. The summed E-state index contributed by atoms with van der Waals surface area (Å²) in [7, 11) is 0. The van der Waals surface area contributed by atoms with Gasteiger partial charge in [0, 0.05) is 18.3 Å². The molecule has 5 aliphatic rings. The van der Waals surface area contributed by atoms with Crippen LogP contribution >= 0.6 is 0 Å². The van der Waals surface area contributed by atoms with Gasteiger partial charge in [-0.2, -0.15) is 0 Å². The Morgan fingerprint density at radius 2 is 2.07 bits per heavy atom. The molecule has 5 heterocycles. The third-order valence-electron chi connectivity index (χ3n) is 7.50. The summed E-state index contributed by atoms with van der Waals surface area (Å²) in [5.74, 6) is 5.61. The number of hydrazine groups is 1. The molecule has 0 radical (unpaired) electrons. The molecule has 8 atom stereocenters. The molecule has 3 N–H and O–H groups in total. The lowest BCUT2D eigenvalue weighted by molar-refractivity contribution is -0.577. The molecule has 4 saturated heterocycles. The molecule has 1 amide bonds. The van der Waals surface area contributed by atoms with Crippen LogP contribution in [0.15, 0.2) is 16.5 Å². The molecular formula is C21H30N2O7. The summed E-state index contributed by atoms with van der Waals surface area (Å²) in [5.41, 5.74) is 1.44. The van der Waals surface area contributed by atoms with Crippen LogP contribution in [-0.4, -0.2) is 29.9 Å². The van der Waals surface area contributed by atoms with Crippen LogP contribution in [-0.2, 0) is 30.6 Å². The van der Waals surface area contributed by atoms with E-state index in [4.69, 9.17) is 34.2 Å². The highest BCUT2D eigenvalue weighted by Gasteiger charge is 2.69. The second kappa shape index (κ2) is 7.29. The first-order chi connectivity index (χ1) is 14.4. The van der Waals surface area contributed by atoms with Gasteiger partial charge in [0.05, 0.1) is 0 Å². The van der Waals surface area contributed by atoms with Gasteiger partial charge in [-0.25, -0.2) is 15.6 Å². The van der Waals surface area contributed by atoms with Crippen LogP contribution in [0.5, 0.6) is 0 Å². The van der Waals surface area contributed by atoms with Crippen molar-refractivity contribution in [2.75, 3.05) is 0 Å². The Balaban J connectivity index is 1.36. The standard InChI is InChI=1S/C21H30N2O7/c1-11-4-6-15-12(2)18(25-10-13-5-7-16(26-13)17(24)23-22)27-19-21(15)14(11)8-9-20(3,28-19)29-30-21/h5,7,11-12,14-15,18-19H,4,6,8-10,22H2,1-3H3,(H,23,24)/t11-,12-,14?,15?,18?,19?,20-,21?/m1/s1. The predicted octanol–water partition coefficient (Wildman–Crippen LogP) is 2.61. The Labute approximate surface area is 175 Å². The van der Waals surface area contributed by atoms with E-state index in [1.807, 2.05) is 12.3 Å². The second-order valence-electron chi connectivity index (χ2n) is 9.32. The maximum Gasteiger partial charge on any atom is 0.300 e. The third kappa shape index (κ3) is 3.03. The molecule has 2 bridgehead atoms. The van der Waals surface area contributed by atoms with Crippen molar-refractivity contribution < 1.29 is 33.2 Å². The van der Waals surface area contributed by atoms with Gasteiger partial charge in [-0.15, -0.1) is 0 Å². The summed E-state index contributed by atoms with van der Waals surface area (Å²) >= 11 is 0. The number of fused-ring (bicyclic) bond motifs is 2. The summed E-state index contributed by atoms with van der Waals surface area (Å²) in [5, 5.41) is 0. The molecule has 0 aromatic carbocycles. The van der Waals surface area contributed by atoms with Crippen molar-refractivity contribution in [2.45, 2.75) is 77.0 Å². The first-order valence-electron chi connectivity index (χ1n) is 10.8. The van der Waals surface area contributed by atoms with Gasteiger partial charge in [0.25, 0.3) is 0 Å². The number of ether oxygens (including phenoxy) is 3. The molecule has 4 aliphatic heterocycles. The zero-order valence-corrected chi connectivity index (χ0v) is 17.6. The number of amides is 1. The molecule has 1 aromatic heterocycles. The molecule has 5 fully saturated rings. The maximum atomic E-state index is 11.6. The number of nitrogens with two attached hydrogens (primary N) is 1. The Kier molecular flexibility index (Phi) is 4.96. The third-order valence-corrected chi connectivity index (χ3v) is 7.50. The Morgan fingerprint density at radius 3 is 2.87 bits per heavy atom. The van der Waals surface area contributed by atoms with Crippen LogP contribution in [0, 0.1) is 23.7 Å². The van der Waals surface area contributed by atoms with E-state index in [-0.39, 0.29) is 24.2 Å². The number of carbonyl (C=O) groups is 1. The molecule has 5 unspecified atom stereocenters. The summed E-state index contributed by atoms with van der Waals surface area (Å²) in [6, 6.07) is 3.26. The average molecular weight is 422 g/mol. The van der Waals surface area contributed by atoms with Crippen LogP contribution in [0.25, 0.3) is 0 Å². The number of hydrogen-bond donors (Lipinski definition) is 2. The van der Waals surface area contributed by atoms with Gasteiger partial charge in [-0.3, -0.25) is 10.2 Å². The van der Waals surface area contributed by atoms with Gasteiger partial charge >= 0.3 is 5.91 Å². The fourth-order valence-electron chi connectivity index (χ4n) is 5.88. The quantitative estimate of drug-likeness (QED) is 0.329. The highest BCUT2D eigenvalue weighted by molar-refractivity contribution is 5.90. The fourth-order valence-corrected chi connectivity index (χ4v) is 5.88. The van der Waals surface area contributed by atoms with Crippen molar-refractivity contribution in [3.05, 3.63) is 23.7 Å². The van der Waals surface area contributed by atoms with Crippen LogP contribution in [0.1, 0.15) is 62.8 Å². The monoisotopic (exact) mass is 422 g/mol. The number of hydrogen-bond acceptors (Lipinski definition) is 8. The summed E-state index contributed by atoms with van der Waals surface area (Å²) < 4.78 is 24.3. The smallest absolute Gasteiger partial charge is 0.300 e. The molecule has 1 aromatic rings.